The first kappa shape index (κ1) is 13.7. The van der Waals surface area contributed by atoms with E-state index in [0.29, 0.717) is 18.8 Å². The van der Waals surface area contributed by atoms with Crippen LogP contribution in [0.3, 0.4) is 0 Å². The minimum absolute atomic E-state index is 0.114. The van der Waals surface area contributed by atoms with Crippen LogP contribution in [0.15, 0.2) is 0 Å². The molecule has 0 heterocycles. The van der Waals surface area contributed by atoms with E-state index in [1.165, 1.54) is 6.42 Å². The fraction of sp³-hybridized carbons (Fsp3) is 0.929. The van der Waals surface area contributed by atoms with Gasteiger partial charge in [0.2, 0.25) is 0 Å². The Morgan fingerprint density at radius 2 is 1.75 bits per heavy atom. The summed E-state index contributed by atoms with van der Waals surface area (Å²) >= 11 is 0. The van der Waals surface area contributed by atoms with Crippen LogP contribution in [0.4, 0.5) is 0 Å². The van der Waals surface area contributed by atoms with Crippen LogP contribution < -0.4 is 0 Å². The van der Waals surface area contributed by atoms with E-state index in [4.69, 9.17) is 0 Å². The van der Waals surface area contributed by atoms with Gasteiger partial charge in [-0.2, -0.15) is 0 Å². The van der Waals surface area contributed by atoms with Crippen LogP contribution in [0.2, 0.25) is 0 Å². The van der Waals surface area contributed by atoms with Gasteiger partial charge in [0.15, 0.2) is 5.78 Å². The number of hydrogen-bond acceptors (Lipinski definition) is 2. The van der Waals surface area contributed by atoms with E-state index in [-0.39, 0.29) is 11.7 Å². The van der Waals surface area contributed by atoms with Gasteiger partial charge < -0.3 is 5.11 Å². The van der Waals surface area contributed by atoms with Crippen LogP contribution in [0.1, 0.15) is 65.7 Å². The monoisotopic (exact) mass is 226 g/mol. The maximum atomic E-state index is 12.4. The highest BCUT2D eigenvalue weighted by molar-refractivity contribution is 5.89. The Morgan fingerprint density at radius 1 is 1.19 bits per heavy atom. The van der Waals surface area contributed by atoms with Gasteiger partial charge in [0.25, 0.3) is 0 Å². The SMILES string of the molecule is CCC1CCCCC1C(=O)C(O)(CC)CC. The number of carbonyl (C=O) groups excluding carboxylic acids is 1. The number of Topliss-reactive ketones (excluding diaryl/α,β-unsaturated/α-hetero) is 1. The van der Waals surface area contributed by atoms with Crippen LogP contribution in [-0.4, -0.2) is 16.5 Å². The van der Waals surface area contributed by atoms with Crippen molar-refractivity contribution in [2.45, 2.75) is 71.3 Å². The normalized spacial score (nSPS) is 26.8. The van der Waals surface area contributed by atoms with Gasteiger partial charge in [0, 0.05) is 5.92 Å². The minimum atomic E-state index is -1.06. The van der Waals surface area contributed by atoms with Crippen molar-refractivity contribution >= 4 is 5.78 Å². The lowest BCUT2D eigenvalue weighted by Gasteiger charge is -2.35. The summed E-state index contributed by atoms with van der Waals surface area (Å²) in [5.74, 6) is 0.735. The van der Waals surface area contributed by atoms with Gasteiger partial charge in [0.05, 0.1) is 0 Å². The molecule has 94 valence electrons. The van der Waals surface area contributed by atoms with Crippen molar-refractivity contribution < 1.29 is 9.90 Å². The molecule has 1 N–H and O–H groups in total. The zero-order valence-corrected chi connectivity index (χ0v) is 11.0. The Balaban J connectivity index is 2.77. The Bertz CT molecular complexity index is 231. The van der Waals surface area contributed by atoms with Crippen molar-refractivity contribution in [2.24, 2.45) is 11.8 Å². The van der Waals surface area contributed by atoms with Gasteiger partial charge in [-0.15, -0.1) is 0 Å². The summed E-state index contributed by atoms with van der Waals surface area (Å²) in [6.07, 6.45) is 6.72. The van der Waals surface area contributed by atoms with Gasteiger partial charge >= 0.3 is 0 Å². The second kappa shape index (κ2) is 5.81. The first-order chi connectivity index (χ1) is 7.59. The lowest BCUT2D eigenvalue weighted by Crippen LogP contribution is -2.44. The molecule has 0 radical (unpaired) electrons. The van der Waals surface area contributed by atoms with E-state index in [1.54, 1.807) is 0 Å². The van der Waals surface area contributed by atoms with Crippen molar-refractivity contribution in [1.82, 2.24) is 0 Å². The Morgan fingerprint density at radius 3 is 2.25 bits per heavy atom. The van der Waals surface area contributed by atoms with E-state index in [2.05, 4.69) is 6.92 Å². The van der Waals surface area contributed by atoms with Gasteiger partial charge in [-0.25, -0.2) is 0 Å². The average molecular weight is 226 g/mol. The molecule has 0 bridgehead atoms. The molecule has 16 heavy (non-hydrogen) atoms. The molecule has 0 aliphatic heterocycles. The molecule has 0 aromatic carbocycles. The largest absolute Gasteiger partial charge is 0.382 e. The highest BCUT2D eigenvalue weighted by Crippen LogP contribution is 2.36. The number of hydrogen-bond donors (Lipinski definition) is 1. The summed E-state index contributed by atoms with van der Waals surface area (Å²) in [6, 6.07) is 0. The molecule has 1 saturated carbocycles. The molecule has 2 unspecified atom stereocenters. The molecule has 0 amide bonds. The fourth-order valence-corrected chi connectivity index (χ4v) is 2.99. The van der Waals surface area contributed by atoms with Crippen molar-refractivity contribution in [3.63, 3.8) is 0 Å². The van der Waals surface area contributed by atoms with Gasteiger partial charge in [-0.05, 0) is 31.6 Å². The van der Waals surface area contributed by atoms with Crippen LogP contribution >= 0.6 is 0 Å². The standard InChI is InChI=1S/C14H26O2/c1-4-11-9-7-8-10-12(11)13(15)14(16,5-2)6-3/h11-12,16H,4-10H2,1-3H3. The molecular formula is C14H26O2. The molecule has 1 rings (SSSR count). The molecule has 0 spiro atoms. The lowest BCUT2D eigenvalue weighted by molar-refractivity contribution is -0.145. The summed E-state index contributed by atoms with van der Waals surface area (Å²) in [6.45, 7) is 5.98. The second-order valence-electron chi connectivity index (χ2n) is 5.16. The van der Waals surface area contributed by atoms with E-state index < -0.39 is 5.60 Å². The Kier molecular flexibility index (Phi) is 4.97. The first-order valence-electron chi connectivity index (χ1n) is 6.85. The first-order valence-corrected chi connectivity index (χ1v) is 6.85. The zero-order valence-electron chi connectivity index (χ0n) is 11.0. The van der Waals surface area contributed by atoms with E-state index in [0.717, 1.165) is 25.7 Å². The Labute approximate surface area is 99.4 Å². The summed E-state index contributed by atoms with van der Waals surface area (Å²) in [7, 11) is 0. The number of aliphatic hydroxyl groups is 1. The van der Waals surface area contributed by atoms with Crippen molar-refractivity contribution in [3.8, 4) is 0 Å². The summed E-state index contributed by atoms with van der Waals surface area (Å²) < 4.78 is 0. The van der Waals surface area contributed by atoms with Crippen molar-refractivity contribution in [3.05, 3.63) is 0 Å². The predicted molar refractivity (Wildman–Crippen MR) is 66.3 cm³/mol. The van der Waals surface area contributed by atoms with Gasteiger partial charge in [-0.1, -0.05) is 40.0 Å². The van der Waals surface area contributed by atoms with E-state index >= 15 is 0 Å². The third-order valence-electron chi connectivity index (χ3n) is 4.40. The van der Waals surface area contributed by atoms with Crippen molar-refractivity contribution in [2.75, 3.05) is 0 Å². The summed E-state index contributed by atoms with van der Waals surface area (Å²) in [5, 5.41) is 10.3. The van der Waals surface area contributed by atoms with Gasteiger partial charge in [-0.3, -0.25) is 4.79 Å². The molecule has 1 fully saturated rings. The predicted octanol–water partition coefficient (Wildman–Crippen LogP) is 3.32. The third-order valence-corrected chi connectivity index (χ3v) is 4.40. The van der Waals surface area contributed by atoms with Crippen LogP contribution in [0.5, 0.6) is 0 Å². The smallest absolute Gasteiger partial charge is 0.167 e. The summed E-state index contributed by atoms with van der Waals surface area (Å²) in [5.41, 5.74) is -1.06. The average Bonchev–Trinajstić information content (AvgIpc) is 2.36. The molecule has 2 nitrogen and oxygen atoms in total. The molecule has 1 aliphatic rings. The van der Waals surface area contributed by atoms with E-state index in [1.807, 2.05) is 13.8 Å². The number of ketones is 1. The molecule has 2 atom stereocenters. The van der Waals surface area contributed by atoms with Crippen molar-refractivity contribution in [1.29, 1.82) is 0 Å². The van der Waals surface area contributed by atoms with Crippen LogP contribution in [0.25, 0.3) is 0 Å². The lowest BCUT2D eigenvalue weighted by atomic mass is 9.71. The topological polar surface area (TPSA) is 37.3 Å². The highest BCUT2D eigenvalue weighted by Gasteiger charge is 2.40. The van der Waals surface area contributed by atoms with Crippen LogP contribution in [0, 0.1) is 11.8 Å². The second-order valence-corrected chi connectivity index (χ2v) is 5.16. The quantitative estimate of drug-likeness (QED) is 0.780. The maximum Gasteiger partial charge on any atom is 0.167 e. The molecule has 0 aromatic heterocycles. The van der Waals surface area contributed by atoms with Crippen LogP contribution in [-0.2, 0) is 4.79 Å². The zero-order chi connectivity index (χ0) is 12.2. The highest BCUT2D eigenvalue weighted by atomic mass is 16.3. The van der Waals surface area contributed by atoms with Gasteiger partial charge in [0.1, 0.15) is 5.60 Å². The molecular weight excluding hydrogens is 200 g/mol. The maximum absolute atomic E-state index is 12.4. The minimum Gasteiger partial charge on any atom is -0.382 e. The number of rotatable bonds is 5. The number of carbonyl (C=O) groups is 1. The fourth-order valence-electron chi connectivity index (χ4n) is 2.99. The Hall–Kier alpha value is -0.370. The van der Waals surface area contributed by atoms with E-state index in [9.17, 15) is 9.90 Å². The molecule has 0 aromatic rings. The molecule has 0 saturated heterocycles. The molecule has 1 aliphatic carbocycles. The third kappa shape index (κ3) is 2.65. The molecule has 2 heteroatoms. The summed E-state index contributed by atoms with van der Waals surface area (Å²) in [4.78, 5) is 12.4.